The first-order chi connectivity index (χ1) is 16.1. The van der Waals surface area contributed by atoms with Crippen molar-refractivity contribution >= 4 is 29.6 Å². The largest absolute Gasteiger partial charge is 0.458 e. The van der Waals surface area contributed by atoms with Crippen LogP contribution in [0.5, 0.6) is 0 Å². The van der Waals surface area contributed by atoms with Crippen LogP contribution in [0.15, 0.2) is 0 Å². The Balaban J connectivity index is 5.63. The normalized spacial score (nSPS) is 14.8. The lowest BCUT2D eigenvalue weighted by atomic mass is 9.86. The van der Waals surface area contributed by atoms with Crippen LogP contribution >= 0.6 is 0 Å². The van der Waals surface area contributed by atoms with E-state index in [1.807, 2.05) is 0 Å². The summed E-state index contributed by atoms with van der Waals surface area (Å²) in [6.45, 7) is 22.2. The van der Waals surface area contributed by atoms with Crippen molar-refractivity contribution in [3.63, 3.8) is 0 Å². The maximum Gasteiger partial charge on any atom is 0.332 e. The Kier molecular flexibility index (Phi) is 10.2. The molecule has 0 saturated heterocycles. The Bertz CT molecular complexity index is 909. The minimum absolute atomic E-state index is 0.315. The van der Waals surface area contributed by atoms with Crippen LogP contribution < -0.4 is 27.0 Å². The van der Waals surface area contributed by atoms with E-state index in [2.05, 4.69) is 21.3 Å². The smallest absolute Gasteiger partial charge is 0.332 e. The molecule has 0 aliphatic heterocycles. The topological polar surface area (TPSA) is 169 Å². The summed E-state index contributed by atoms with van der Waals surface area (Å²) in [4.78, 5) is 64.5. The standard InChI is InChI=1S/C26H49N5O6/c1-15(2)26(14,20(36)37-21(3,4)5)31-19(35)25(12,13)30-18(34)24(10,11)29-17(33)23(8,9)28-16(32)22(6,7)27/h15H,27H2,1-14H3,(H,28,32)(H,29,33)(H,30,34)(H,31,35)/t26-/m0/s1. The zero-order valence-electron chi connectivity index (χ0n) is 25.1. The number of carbonyl (C=O) groups excluding carboxylic acids is 5. The Morgan fingerprint density at radius 3 is 1.14 bits per heavy atom. The number of hydrogen-bond donors (Lipinski definition) is 5. The molecule has 0 bridgehead atoms. The molecular weight excluding hydrogens is 478 g/mol. The number of esters is 1. The quantitative estimate of drug-likeness (QED) is 0.267. The summed E-state index contributed by atoms with van der Waals surface area (Å²) >= 11 is 0. The van der Waals surface area contributed by atoms with Crippen LogP contribution in [0.2, 0.25) is 0 Å². The van der Waals surface area contributed by atoms with E-state index in [4.69, 9.17) is 10.5 Å². The van der Waals surface area contributed by atoms with Gasteiger partial charge in [0.2, 0.25) is 23.6 Å². The maximum atomic E-state index is 13.2. The molecule has 11 nitrogen and oxygen atoms in total. The Hall–Kier alpha value is -2.69. The summed E-state index contributed by atoms with van der Waals surface area (Å²) in [5.41, 5.74) is -1.79. The Morgan fingerprint density at radius 1 is 0.568 bits per heavy atom. The summed E-state index contributed by atoms with van der Waals surface area (Å²) in [5.74, 6) is -3.32. The molecule has 37 heavy (non-hydrogen) atoms. The molecule has 0 aliphatic carbocycles. The first-order valence-electron chi connectivity index (χ1n) is 12.4. The van der Waals surface area contributed by atoms with Crippen LogP contribution in [0.25, 0.3) is 0 Å². The number of carbonyl (C=O) groups is 5. The molecule has 1 atom stereocenters. The van der Waals surface area contributed by atoms with Gasteiger partial charge in [-0.25, -0.2) is 4.79 Å². The Labute approximate surface area is 221 Å². The molecule has 0 spiro atoms. The fourth-order valence-corrected chi connectivity index (χ4v) is 2.70. The SMILES string of the molecule is CC(C)[C@](C)(NC(=O)C(C)(C)NC(=O)C(C)(C)NC(=O)C(C)(C)NC(=O)C(C)(C)N)C(=O)OC(C)(C)C. The minimum atomic E-state index is -1.46. The first kappa shape index (κ1) is 34.3. The van der Waals surface area contributed by atoms with Crippen molar-refractivity contribution in [2.45, 2.75) is 130 Å². The highest BCUT2D eigenvalue weighted by Crippen LogP contribution is 2.23. The molecule has 0 aliphatic rings. The number of hydrogen-bond acceptors (Lipinski definition) is 7. The van der Waals surface area contributed by atoms with Gasteiger partial charge < -0.3 is 31.7 Å². The monoisotopic (exact) mass is 527 g/mol. The third-order valence-corrected chi connectivity index (χ3v) is 5.92. The van der Waals surface area contributed by atoms with Gasteiger partial charge in [0.15, 0.2) is 0 Å². The van der Waals surface area contributed by atoms with Gasteiger partial charge in [0.25, 0.3) is 0 Å². The molecule has 0 heterocycles. The third kappa shape index (κ3) is 9.60. The van der Waals surface area contributed by atoms with Crippen molar-refractivity contribution in [2.24, 2.45) is 11.7 Å². The van der Waals surface area contributed by atoms with E-state index in [0.29, 0.717) is 0 Å². The predicted octanol–water partition coefficient (Wildman–Crippen LogP) is 1.28. The van der Waals surface area contributed by atoms with Gasteiger partial charge >= 0.3 is 5.97 Å². The molecular formula is C26H49N5O6. The van der Waals surface area contributed by atoms with Crippen LogP contribution in [-0.4, -0.2) is 62.9 Å². The second-order valence-electron chi connectivity index (χ2n) is 13.3. The van der Waals surface area contributed by atoms with Crippen molar-refractivity contribution in [3.8, 4) is 0 Å². The highest BCUT2D eigenvalue weighted by atomic mass is 16.6. The average Bonchev–Trinajstić information content (AvgIpc) is 2.64. The molecule has 11 heteroatoms. The van der Waals surface area contributed by atoms with E-state index in [1.54, 1.807) is 41.5 Å². The van der Waals surface area contributed by atoms with Gasteiger partial charge in [0, 0.05) is 0 Å². The number of ether oxygens (including phenoxy) is 1. The summed E-state index contributed by atoms with van der Waals surface area (Å²) in [6, 6.07) is 0. The van der Waals surface area contributed by atoms with E-state index < -0.39 is 62.9 Å². The molecule has 0 aromatic heterocycles. The minimum Gasteiger partial charge on any atom is -0.458 e. The second kappa shape index (κ2) is 11.0. The summed E-state index contributed by atoms with van der Waals surface area (Å²) in [6.07, 6.45) is 0. The van der Waals surface area contributed by atoms with Crippen LogP contribution in [0.1, 0.15) is 96.9 Å². The lowest BCUT2D eigenvalue weighted by molar-refractivity contribution is -0.166. The summed E-state index contributed by atoms with van der Waals surface area (Å²) in [5, 5.41) is 10.6. The van der Waals surface area contributed by atoms with Gasteiger partial charge in [0.05, 0.1) is 5.54 Å². The van der Waals surface area contributed by atoms with Crippen LogP contribution in [0.4, 0.5) is 0 Å². The highest BCUT2D eigenvalue weighted by Gasteiger charge is 2.46. The van der Waals surface area contributed by atoms with Crippen LogP contribution in [0, 0.1) is 5.92 Å². The first-order valence-corrected chi connectivity index (χ1v) is 12.4. The average molecular weight is 528 g/mol. The lowest BCUT2D eigenvalue weighted by Crippen LogP contribution is -2.68. The van der Waals surface area contributed by atoms with Crippen molar-refractivity contribution in [2.75, 3.05) is 0 Å². The fraction of sp³-hybridized carbons (Fsp3) is 0.808. The van der Waals surface area contributed by atoms with Crippen molar-refractivity contribution in [3.05, 3.63) is 0 Å². The van der Waals surface area contributed by atoms with Crippen LogP contribution in [0.3, 0.4) is 0 Å². The number of amides is 4. The van der Waals surface area contributed by atoms with Gasteiger partial charge in [0.1, 0.15) is 27.8 Å². The van der Waals surface area contributed by atoms with Gasteiger partial charge in [-0.05, 0) is 89.0 Å². The van der Waals surface area contributed by atoms with Gasteiger partial charge in [-0.1, -0.05) is 13.8 Å². The van der Waals surface area contributed by atoms with Crippen molar-refractivity contribution < 1.29 is 28.7 Å². The van der Waals surface area contributed by atoms with Gasteiger partial charge in [-0.3, -0.25) is 19.2 Å². The molecule has 0 fully saturated rings. The summed E-state index contributed by atoms with van der Waals surface area (Å²) in [7, 11) is 0. The predicted molar refractivity (Wildman–Crippen MR) is 142 cm³/mol. The van der Waals surface area contributed by atoms with Crippen molar-refractivity contribution in [1.29, 1.82) is 0 Å². The van der Waals surface area contributed by atoms with Gasteiger partial charge in [-0.2, -0.15) is 0 Å². The molecule has 0 rings (SSSR count). The zero-order chi connectivity index (χ0) is 30.0. The second-order valence-corrected chi connectivity index (χ2v) is 13.3. The third-order valence-electron chi connectivity index (χ3n) is 5.92. The zero-order valence-corrected chi connectivity index (χ0v) is 25.1. The number of rotatable bonds is 10. The van der Waals surface area contributed by atoms with E-state index in [0.717, 1.165) is 0 Å². The molecule has 4 amide bonds. The van der Waals surface area contributed by atoms with E-state index in [9.17, 15) is 24.0 Å². The molecule has 6 N–H and O–H groups in total. The van der Waals surface area contributed by atoms with E-state index in [-0.39, 0.29) is 5.92 Å². The van der Waals surface area contributed by atoms with Gasteiger partial charge in [-0.15, -0.1) is 0 Å². The van der Waals surface area contributed by atoms with E-state index in [1.165, 1.54) is 55.4 Å². The molecule has 214 valence electrons. The molecule has 0 aromatic rings. The highest BCUT2D eigenvalue weighted by molar-refractivity contribution is 6.00. The molecule has 0 saturated carbocycles. The maximum absolute atomic E-state index is 13.2. The Morgan fingerprint density at radius 2 is 0.865 bits per heavy atom. The van der Waals surface area contributed by atoms with Crippen molar-refractivity contribution in [1.82, 2.24) is 21.3 Å². The lowest BCUT2D eigenvalue weighted by Gasteiger charge is -2.39. The molecule has 0 unspecified atom stereocenters. The summed E-state index contributed by atoms with van der Waals surface area (Å²) < 4.78 is 5.51. The van der Waals surface area contributed by atoms with E-state index >= 15 is 0 Å². The van der Waals surface area contributed by atoms with Crippen LogP contribution in [-0.2, 0) is 28.7 Å². The number of nitrogens with one attached hydrogen (secondary N) is 4. The fourth-order valence-electron chi connectivity index (χ4n) is 2.70. The molecule has 0 aromatic carbocycles. The number of nitrogens with two attached hydrogens (primary N) is 1. The molecule has 0 radical (unpaired) electrons.